The highest BCUT2D eigenvalue weighted by atomic mass is 16.5. The average molecular weight is 219 g/mol. The fraction of sp³-hybridized carbons (Fsp3) is 0.571. The maximum Gasteiger partial charge on any atom is 0.119 e. The Hall–Kier alpha value is -1.02. The van der Waals surface area contributed by atoms with E-state index in [9.17, 15) is 0 Å². The third-order valence-corrected chi connectivity index (χ3v) is 3.19. The van der Waals surface area contributed by atoms with Crippen molar-refractivity contribution in [1.29, 1.82) is 0 Å². The molecule has 0 aliphatic carbocycles. The molecule has 88 valence electrons. The molecule has 0 unspecified atom stereocenters. The van der Waals surface area contributed by atoms with Crippen molar-refractivity contribution in [2.45, 2.75) is 26.2 Å². The van der Waals surface area contributed by atoms with Gasteiger partial charge in [-0.3, -0.25) is 0 Å². The zero-order valence-electron chi connectivity index (χ0n) is 10.2. The van der Waals surface area contributed by atoms with Crippen LogP contribution >= 0.6 is 0 Å². The minimum Gasteiger partial charge on any atom is -0.493 e. The van der Waals surface area contributed by atoms with Crippen molar-refractivity contribution in [2.75, 3.05) is 19.7 Å². The average Bonchev–Trinajstić information content (AvgIpc) is 2.80. The molecule has 1 fully saturated rings. The Morgan fingerprint density at radius 3 is 2.62 bits per heavy atom. The zero-order chi connectivity index (χ0) is 11.4. The van der Waals surface area contributed by atoms with Gasteiger partial charge in [-0.2, -0.15) is 0 Å². The maximum absolute atomic E-state index is 5.78. The topological polar surface area (TPSA) is 21.3 Å². The highest BCUT2D eigenvalue weighted by molar-refractivity contribution is 5.28. The second-order valence-electron chi connectivity index (χ2n) is 4.89. The molecule has 2 heteroatoms. The van der Waals surface area contributed by atoms with E-state index in [1.54, 1.807) is 0 Å². The zero-order valence-corrected chi connectivity index (χ0v) is 10.2. The minimum absolute atomic E-state index is 0.591. The summed E-state index contributed by atoms with van der Waals surface area (Å²) < 4.78 is 5.78. The minimum atomic E-state index is 0.591. The molecule has 1 N–H and O–H groups in total. The normalized spacial score (nSPS) is 20.3. The number of benzene rings is 1. The molecule has 0 amide bonds. The molecule has 16 heavy (non-hydrogen) atoms. The highest BCUT2D eigenvalue weighted by Gasteiger charge is 2.14. The van der Waals surface area contributed by atoms with Crippen molar-refractivity contribution >= 4 is 0 Å². The molecule has 2 nitrogen and oxygen atoms in total. The van der Waals surface area contributed by atoms with Crippen LogP contribution < -0.4 is 10.1 Å². The van der Waals surface area contributed by atoms with Gasteiger partial charge >= 0.3 is 0 Å². The van der Waals surface area contributed by atoms with E-state index in [1.165, 1.54) is 12.0 Å². The molecule has 0 saturated carbocycles. The van der Waals surface area contributed by atoms with Crippen molar-refractivity contribution < 1.29 is 4.74 Å². The van der Waals surface area contributed by atoms with Gasteiger partial charge < -0.3 is 10.1 Å². The van der Waals surface area contributed by atoms with Crippen molar-refractivity contribution in [3.63, 3.8) is 0 Å². The van der Waals surface area contributed by atoms with Crippen LogP contribution in [0.1, 0.15) is 31.7 Å². The first-order chi connectivity index (χ1) is 7.75. The fourth-order valence-corrected chi connectivity index (χ4v) is 2.02. The van der Waals surface area contributed by atoms with Gasteiger partial charge in [-0.25, -0.2) is 0 Å². The number of hydrogen-bond acceptors (Lipinski definition) is 2. The van der Waals surface area contributed by atoms with E-state index in [4.69, 9.17) is 4.74 Å². The van der Waals surface area contributed by atoms with Gasteiger partial charge in [0.15, 0.2) is 0 Å². The Kier molecular flexibility index (Phi) is 3.83. The fourth-order valence-electron chi connectivity index (χ4n) is 2.02. The molecule has 1 aliphatic heterocycles. The Morgan fingerprint density at radius 1 is 1.31 bits per heavy atom. The molecule has 0 aromatic heterocycles. The highest BCUT2D eigenvalue weighted by Crippen LogP contribution is 2.19. The quantitative estimate of drug-likeness (QED) is 0.840. The summed E-state index contributed by atoms with van der Waals surface area (Å²) in [7, 11) is 0. The van der Waals surface area contributed by atoms with Crippen molar-refractivity contribution in [2.24, 2.45) is 5.92 Å². The summed E-state index contributed by atoms with van der Waals surface area (Å²) in [6.45, 7) is 7.50. The van der Waals surface area contributed by atoms with E-state index in [0.29, 0.717) is 11.8 Å². The van der Waals surface area contributed by atoms with Gasteiger partial charge in [-0.05, 0) is 36.6 Å². The number of ether oxygens (including phenoxy) is 1. The lowest BCUT2D eigenvalue weighted by Crippen LogP contribution is -2.15. The second-order valence-corrected chi connectivity index (χ2v) is 4.89. The largest absolute Gasteiger partial charge is 0.493 e. The summed E-state index contributed by atoms with van der Waals surface area (Å²) in [4.78, 5) is 0. The summed E-state index contributed by atoms with van der Waals surface area (Å²) >= 11 is 0. The predicted molar refractivity (Wildman–Crippen MR) is 67.0 cm³/mol. The Bertz CT molecular complexity index is 312. The van der Waals surface area contributed by atoms with E-state index in [0.717, 1.165) is 25.4 Å². The molecular formula is C14H21NO. The van der Waals surface area contributed by atoms with Crippen LogP contribution in [0.2, 0.25) is 0 Å². The summed E-state index contributed by atoms with van der Waals surface area (Å²) in [6, 6.07) is 8.48. The van der Waals surface area contributed by atoms with Crippen LogP contribution in [0.4, 0.5) is 0 Å². The number of nitrogens with one attached hydrogen (secondary N) is 1. The Labute approximate surface area is 98.0 Å². The third-order valence-electron chi connectivity index (χ3n) is 3.19. The monoisotopic (exact) mass is 219 g/mol. The van der Waals surface area contributed by atoms with Crippen molar-refractivity contribution in [3.8, 4) is 5.75 Å². The molecule has 1 aromatic rings. The van der Waals surface area contributed by atoms with Crippen LogP contribution in [-0.2, 0) is 0 Å². The molecule has 1 atom stereocenters. The van der Waals surface area contributed by atoms with Gasteiger partial charge in [0, 0.05) is 12.5 Å². The second kappa shape index (κ2) is 5.35. The van der Waals surface area contributed by atoms with Gasteiger partial charge in [-0.15, -0.1) is 0 Å². The standard InChI is InChI=1S/C14H21NO/c1-11(2)13-3-5-14(6-4-13)16-10-12-7-8-15-9-12/h3-6,11-12,15H,7-10H2,1-2H3/t12-/m1/s1. The first-order valence-corrected chi connectivity index (χ1v) is 6.19. The lowest BCUT2D eigenvalue weighted by Gasteiger charge is -2.12. The van der Waals surface area contributed by atoms with Crippen LogP contribution in [0.3, 0.4) is 0 Å². The molecule has 1 heterocycles. The first kappa shape index (κ1) is 11.5. The molecular weight excluding hydrogens is 198 g/mol. The maximum atomic E-state index is 5.78. The van der Waals surface area contributed by atoms with Crippen LogP contribution in [0.5, 0.6) is 5.75 Å². The van der Waals surface area contributed by atoms with E-state index < -0.39 is 0 Å². The number of rotatable bonds is 4. The van der Waals surface area contributed by atoms with Crippen LogP contribution in [0.15, 0.2) is 24.3 Å². The van der Waals surface area contributed by atoms with E-state index in [2.05, 4.69) is 43.4 Å². The lowest BCUT2D eigenvalue weighted by atomic mass is 10.0. The third kappa shape index (κ3) is 2.99. The Balaban J connectivity index is 1.84. The molecule has 0 bridgehead atoms. The predicted octanol–water partition coefficient (Wildman–Crippen LogP) is 2.80. The van der Waals surface area contributed by atoms with E-state index in [1.807, 2.05) is 0 Å². The SMILES string of the molecule is CC(C)c1ccc(OC[C@@H]2CCNC2)cc1. The molecule has 1 aliphatic rings. The molecule has 0 radical (unpaired) electrons. The van der Waals surface area contributed by atoms with Crippen LogP contribution in [0, 0.1) is 5.92 Å². The van der Waals surface area contributed by atoms with Gasteiger partial charge in [0.2, 0.25) is 0 Å². The molecule has 1 aromatic carbocycles. The van der Waals surface area contributed by atoms with Gasteiger partial charge in [0.25, 0.3) is 0 Å². The Morgan fingerprint density at radius 2 is 2.06 bits per heavy atom. The van der Waals surface area contributed by atoms with Crippen LogP contribution in [-0.4, -0.2) is 19.7 Å². The van der Waals surface area contributed by atoms with E-state index >= 15 is 0 Å². The van der Waals surface area contributed by atoms with Crippen molar-refractivity contribution in [1.82, 2.24) is 5.32 Å². The smallest absolute Gasteiger partial charge is 0.119 e. The first-order valence-electron chi connectivity index (χ1n) is 6.19. The summed E-state index contributed by atoms with van der Waals surface area (Å²) in [5.41, 5.74) is 1.37. The van der Waals surface area contributed by atoms with Gasteiger partial charge in [0.1, 0.15) is 5.75 Å². The lowest BCUT2D eigenvalue weighted by molar-refractivity contribution is 0.260. The molecule has 1 saturated heterocycles. The molecule has 0 spiro atoms. The summed E-state index contributed by atoms with van der Waals surface area (Å²) in [6.07, 6.45) is 1.24. The number of hydrogen-bond donors (Lipinski definition) is 1. The van der Waals surface area contributed by atoms with Crippen LogP contribution in [0.25, 0.3) is 0 Å². The van der Waals surface area contributed by atoms with E-state index in [-0.39, 0.29) is 0 Å². The van der Waals surface area contributed by atoms with Gasteiger partial charge in [0.05, 0.1) is 6.61 Å². The summed E-state index contributed by atoms with van der Waals surface area (Å²) in [5, 5.41) is 3.35. The summed E-state index contributed by atoms with van der Waals surface area (Å²) in [5.74, 6) is 2.27. The molecule has 2 rings (SSSR count). The van der Waals surface area contributed by atoms with Crippen molar-refractivity contribution in [3.05, 3.63) is 29.8 Å². The van der Waals surface area contributed by atoms with Gasteiger partial charge in [-0.1, -0.05) is 26.0 Å².